The summed E-state index contributed by atoms with van der Waals surface area (Å²) in [7, 11) is 0. The van der Waals surface area contributed by atoms with E-state index in [0.29, 0.717) is 18.5 Å². The molecule has 118 valence electrons. The molecule has 1 heterocycles. The van der Waals surface area contributed by atoms with Crippen LogP contribution in [0.1, 0.15) is 53.0 Å². The highest BCUT2D eigenvalue weighted by atomic mass is 19.1. The van der Waals surface area contributed by atoms with Crippen molar-refractivity contribution in [2.24, 2.45) is 5.92 Å². The second-order valence-electron chi connectivity index (χ2n) is 7.52. The molecule has 0 amide bonds. The van der Waals surface area contributed by atoms with Crippen LogP contribution in [-0.2, 0) is 6.54 Å². The molecular weight excluding hydrogens is 265 g/mol. The molecule has 1 aromatic rings. The van der Waals surface area contributed by atoms with Gasteiger partial charge in [-0.25, -0.2) is 9.37 Å². The first-order valence-corrected chi connectivity index (χ1v) is 7.92. The Hall–Kier alpha value is -1.16. The van der Waals surface area contributed by atoms with Gasteiger partial charge in [-0.3, -0.25) is 0 Å². The summed E-state index contributed by atoms with van der Waals surface area (Å²) >= 11 is 0. The van der Waals surface area contributed by atoms with Gasteiger partial charge in [-0.1, -0.05) is 13.8 Å². The number of nitrogens with zero attached hydrogens (tertiary/aromatic N) is 2. The monoisotopic (exact) mass is 293 g/mol. The SMILES string of the molecule is CC(C)CN(c1ncc(F)cc1CNC(C)(C)C)C1CC1. The van der Waals surface area contributed by atoms with Crippen LogP contribution in [0.25, 0.3) is 0 Å². The third-order valence-corrected chi connectivity index (χ3v) is 3.54. The fraction of sp³-hybridized carbons (Fsp3) is 0.706. The van der Waals surface area contributed by atoms with Crippen LogP contribution >= 0.6 is 0 Å². The van der Waals surface area contributed by atoms with Gasteiger partial charge < -0.3 is 10.2 Å². The molecule has 1 fully saturated rings. The van der Waals surface area contributed by atoms with Gasteiger partial charge in [0.1, 0.15) is 11.6 Å². The predicted octanol–water partition coefficient (Wildman–Crippen LogP) is 3.73. The van der Waals surface area contributed by atoms with Crippen molar-refractivity contribution in [1.29, 1.82) is 0 Å². The van der Waals surface area contributed by atoms with Gasteiger partial charge in [-0.05, 0) is 45.6 Å². The molecule has 1 aromatic heterocycles. The molecule has 0 unspecified atom stereocenters. The average molecular weight is 293 g/mol. The van der Waals surface area contributed by atoms with Crippen LogP contribution in [0, 0.1) is 11.7 Å². The zero-order chi connectivity index (χ0) is 15.6. The molecular formula is C17H28FN3. The first-order valence-electron chi connectivity index (χ1n) is 7.92. The highest BCUT2D eigenvalue weighted by molar-refractivity contribution is 5.49. The van der Waals surface area contributed by atoms with Gasteiger partial charge in [-0.15, -0.1) is 0 Å². The summed E-state index contributed by atoms with van der Waals surface area (Å²) < 4.78 is 13.6. The summed E-state index contributed by atoms with van der Waals surface area (Å²) in [6, 6.07) is 2.20. The highest BCUT2D eigenvalue weighted by Crippen LogP contribution is 2.33. The fourth-order valence-electron chi connectivity index (χ4n) is 2.41. The van der Waals surface area contributed by atoms with E-state index in [4.69, 9.17) is 0 Å². The fourth-order valence-corrected chi connectivity index (χ4v) is 2.41. The second-order valence-corrected chi connectivity index (χ2v) is 7.52. The first-order chi connectivity index (χ1) is 9.76. The van der Waals surface area contributed by atoms with Gasteiger partial charge in [0.15, 0.2) is 0 Å². The van der Waals surface area contributed by atoms with Crippen LogP contribution in [0.5, 0.6) is 0 Å². The quantitative estimate of drug-likeness (QED) is 0.866. The summed E-state index contributed by atoms with van der Waals surface area (Å²) in [5.74, 6) is 1.26. The Kier molecular flexibility index (Phi) is 4.87. The molecule has 0 aliphatic heterocycles. The minimum absolute atomic E-state index is 0.00600. The maximum atomic E-state index is 13.6. The van der Waals surface area contributed by atoms with Crippen LogP contribution in [-0.4, -0.2) is 23.1 Å². The van der Waals surface area contributed by atoms with Crippen molar-refractivity contribution in [3.63, 3.8) is 0 Å². The standard InChI is InChI=1S/C17H28FN3/c1-12(2)11-21(15-6-7-15)16-13(8-14(18)10-19-16)9-20-17(3,4)5/h8,10,12,15,20H,6-7,9,11H2,1-5H3. The van der Waals surface area contributed by atoms with E-state index in [9.17, 15) is 4.39 Å². The smallest absolute Gasteiger partial charge is 0.141 e. The molecule has 4 heteroatoms. The van der Waals surface area contributed by atoms with Crippen LogP contribution in [0.2, 0.25) is 0 Å². The minimum Gasteiger partial charge on any atom is -0.353 e. The molecule has 1 aliphatic carbocycles. The molecule has 3 nitrogen and oxygen atoms in total. The summed E-state index contributed by atoms with van der Waals surface area (Å²) in [4.78, 5) is 6.77. The van der Waals surface area contributed by atoms with Crippen LogP contribution < -0.4 is 10.2 Å². The lowest BCUT2D eigenvalue weighted by molar-refractivity contribution is 0.423. The zero-order valence-electron chi connectivity index (χ0n) is 13.9. The number of nitrogens with one attached hydrogen (secondary N) is 1. The van der Waals surface area contributed by atoms with E-state index in [2.05, 4.69) is 49.8 Å². The Bertz CT molecular complexity index is 475. The largest absolute Gasteiger partial charge is 0.353 e. The van der Waals surface area contributed by atoms with Crippen molar-refractivity contribution >= 4 is 5.82 Å². The lowest BCUT2D eigenvalue weighted by atomic mass is 10.1. The molecule has 0 spiro atoms. The molecule has 2 rings (SSSR count). The number of aromatic nitrogens is 1. The van der Waals surface area contributed by atoms with Crippen molar-refractivity contribution in [2.45, 2.75) is 65.6 Å². The number of hydrogen-bond donors (Lipinski definition) is 1. The second kappa shape index (κ2) is 6.30. The molecule has 1 N–H and O–H groups in total. The Morgan fingerprint density at radius 2 is 2.05 bits per heavy atom. The number of pyridine rings is 1. The Balaban J connectivity index is 2.23. The number of halogens is 1. The topological polar surface area (TPSA) is 28.2 Å². The molecule has 1 aliphatic rings. The van der Waals surface area contributed by atoms with E-state index in [1.165, 1.54) is 19.0 Å². The molecule has 1 saturated carbocycles. The Morgan fingerprint density at radius 3 is 2.57 bits per heavy atom. The van der Waals surface area contributed by atoms with E-state index in [1.54, 1.807) is 6.07 Å². The minimum atomic E-state index is -0.259. The number of hydrogen-bond acceptors (Lipinski definition) is 3. The van der Waals surface area contributed by atoms with E-state index in [-0.39, 0.29) is 11.4 Å². The summed E-state index contributed by atoms with van der Waals surface area (Å²) in [5, 5.41) is 3.44. The average Bonchev–Trinajstić information content (AvgIpc) is 3.17. The van der Waals surface area contributed by atoms with E-state index < -0.39 is 0 Å². The van der Waals surface area contributed by atoms with Gasteiger partial charge in [0, 0.05) is 30.2 Å². The Morgan fingerprint density at radius 1 is 1.38 bits per heavy atom. The molecule has 0 bridgehead atoms. The number of rotatable bonds is 6. The zero-order valence-corrected chi connectivity index (χ0v) is 13.9. The first kappa shape index (κ1) is 16.2. The maximum absolute atomic E-state index is 13.6. The van der Waals surface area contributed by atoms with Crippen molar-refractivity contribution < 1.29 is 4.39 Å². The highest BCUT2D eigenvalue weighted by Gasteiger charge is 2.31. The van der Waals surface area contributed by atoms with Crippen molar-refractivity contribution in [1.82, 2.24) is 10.3 Å². The lowest BCUT2D eigenvalue weighted by Gasteiger charge is -2.29. The molecule has 0 atom stereocenters. The van der Waals surface area contributed by atoms with Crippen molar-refractivity contribution in [3.8, 4) is 0 Å². The van der Waals surface area contributed by atoms with Crippen LogP contribution in [0.3, 0.4) is 0 Å². The molecule has 0 saturated heterocycles. The van der Waals surface area contributed by atoms with Crippen molar-refractivity contribution in [3.05, 3.63) is 23.6 Å². The third-order valence-electron chi connectivity index (χ3n) is 3.54. The maximum Gasteiger partial charge on any atom is 0.141 e. The number of anilines is 1. The van der Waals surface area contributed by atoms with Gasteiger partial charge in [0.25, 0.3) is 0 Å². The van der Waals surface area contributed by atoms with Crippen molar-refractivity contribution in [2.75, 3.05) is 11.4 Å². The van der Waals surface area contributed by atoms with Crippen LogP contribution in [0.4, 0.5) is 10.2 Å². The summed E-state index contributed by atoms with van der Waals surface area (Å²) in [6.45, 7) is 12.4. The Labute approximate surface area is 127 Å². The summed E-state index contributed by atoms with van der Waals surface area (Å²) in [6.07, 6.45) is 3.78. The molecule has 0 radical (unpaired) electrons. The van der Waals surface area contributed by atoms with Crippen LogP contribution in [0.15, 0.2) is 12.3 Å². The molecule has 21 heavy (non-hydrogen) atoms. The normalized spacial score (nSPS) is 15.6. The summed E-state index contributed by atoms with van der Waals surface area (Å²) in [5.41, 5.74) is 0.962. The van der Waals surface area contributed by atoms with Gasteiger partial charge in [0.2, 0.25) is 0 Å². The van der Waals surface area contributed by atoms with E-state index in [1.807, 2.05) is 0 Å². The van der Waals surface area contributed by atoms with Gasteiger partial charge in [-0.2, -0.15) is 0 Å². The third kappa shape index (κ3) is 4.95. The van der Waals surface area contributed by atoms with Gasteiger partial charge >= 0.3 is 0 Å². The lowest BCUT2D eigenvalue weighted by Crippen LogP contribution is -2.37. The van der Waals surface area contributed by atoms with Gasteiger partial charge in [0.05, 0.1) is 6.20 Å². The predicted molar refractivity (Wildman–Crippen MR) is 86.0 cm³/mol. The van der Waals surface area contributed by atoms with E-state index >= 15 is 0 Å². The van der Waals surface area contributed by atoms with E-state index in [0.717, 1.165) is 17.9 Å². The molecule has 0 aromatic carbocycles.